The second kappa shape index (κ2) is 3.20. The number of halogens is 1. The van der Waals surface area contributed by atoms with Crippen molar-refractivity contribution in [2.45, 2.75) is 38.8 Å². The molecule has 1 fully saturated rings. The predicted octanol–water partition coefficient (Wildman–Crippen LogP) is 3.34. The third-order valence-corrected chi connectivity index (χ3v) is 3.41. The molecular weight excluding hydrogens is 151 g/mol. The van der Waals surface area contributed by atoms with Crippen LogP contribution in [0.1, 0.15) is 32.6 Å². The van der Waals surface area contributed by atoms with E-state index in [0.29, 0.717) is 11.8 Å². The Hall–Kier alpha value is -0.330. The minimum Gasteiger partial charge on any atom is -0.247 e. The Bertz CT molecular complexity index is 185. The van der Waals surface area contributed by atoms with Crippen molar-refractivity contribution in [3.63, 3.8) is 0 Å². The quantitative estimate of drug-likeness (QED) is 0.567. The fraction of sp³-hybridized carbons (Fsp3) is 0.818. The minimum absolute atomic E-state index is 0.275. The van der Waals surface area contributed by atoms with Gasteiger partial charge in [-0.2, -0.15) is 0 Å². The fourth-order valence-corrected chi connectivity index (χ4v) is 2.68. The highest BCUT2D eigenvalue weighted by atomic mass is 19.1. The van der Waals surface area contributed by atoms with E-state index in [4.69, 9.17) is 0 Å². The van der Waals surface area contributed by atoms with Gasteiger partial charge in [-0.1, -0.05) is 31.9 Å². The summed E-state index contributed by atoms with van der Waals surface area (Å²) in [6.07, 6.45) is 8.39. The van der Waals surface area contributed by atoms with Crippen molar-refractivity contribution in [2.24, 2.45) is 17.8 Å². The molecule has 0 aromatic rings. The Morgan fingerprint density at radius 1 is 1.33 bits per heavy atom. The molecule has 1 heteroatoms. The summed E-state index contributed by atoms with van der Waals surface area (Å²) in [7, 11) is 0. The molecule has 0 radical (unpaired) electrons. The van der Waals surface area contributed by atoms with Gasteiger partial charge in [0.25, 0.3) is 0 Å². The lowest BCUT2D eigenvalue weighted by Crippen LogP contribution is -2.20. The maximum atomic E-state index is 13.6. The molecule has 12 heavy (non-hydrogen) atoms. The van der Waals surface area contributed by atoms with E-state index in [1.165, 1.54) is 12.8 Å². The molecule has 0 aromatic heterocycles. The van der Waals surface area contributed by atoms with Crippen LogP contribution in [0.15, 0.2) is 12.2 Å². The second-order valence-corrected chi connectivity index (χ2v) is 4.20. The van der Waals surface area contributed by atoms with Crippen LogP contribution in [0.4, 0.5) is 4.39 Å². The summed E-state index contributed by atoms with van der Waals surface area (Å²) in [6, 6.07) is 0. The van der Waals surface area contributed by atoms with E-state index >= 15 is 0 Å². The Morgan fingerprint density at radius 3 is 2.67 bits per heavy atom. The summed E-state index contributed by atoms with van der Waals surface area (Å²) in [4.78, 5) is 0. The fourth-order valence-electron chi connectivity index (χ4n) is 2.68. The number of unbranched alkanes of at least 4 members (excludes halogenated alkanes) is 1. The van der Waals surface area contributed by atoms with E-state index in [9.17, 15) is 4.39 Å². The molecule has 4 atom stereocenters. The standard InChI is InChI=1S/C11H17F/c1-2-3-4-10-8-5-6-9(7-8)11(10)12/h5-6,8-11H,2-4,7H2,1H3. The van der Waals surface area contributed by atoms with Crippen LogP contribution in [0.2, 0.25) is 0 Å². The van der Waals surface area contributed by atoms with Gasteiger partial charge in [-0.25, -0.2) is 4.39 Å². The second-order valence-electron chi connectivity index (χ2n) is 4.20. The third-order valence-electron chi connectivity index (χ3n) is 3.41. The van der Waals surface area contributed by atoms with Crippen molar-refractivity contribution >= 4 is 0 Å². The number of fused-ring (bicyclic) bond motifs is 2. The van der Waals surface area contributed by atoms with Gasteiger partial charge in [0.2, 0.25) is 0 Å². The highest BCUT2D eigenvalue weighted by Crippen LogP contribution is 2.47. The third kappa shape index (κ3) is 1.19. The van der Waals surface area contributed by atoms with Crippen molar-refractivity contribution < 1.29 is 4.39 Å². The van der Waals surface area contributed by atoms with Gasteiger partial charge in [0.05, 0.1) is 0 Å². The summed E-state index contributed by atoms with van der Waals surface area (Å²) < 4.78 is 13.6. The average molecular weight is 168 g/mol. The molecule has 0 amide bonds. The predicted molar refractivity (Wildman–Crippen MR) is 48.6 cm³/mol. The maximum Gasteiger partial charge on any atom is 0.110 e. The highest BCUT2D eigenvalue weighted by molar-refractivity contribution is 5.14. The topological polar surface area (TPSA) is 0 Å². The first-order chi connectivity index (χ1) is 5.83. The molecule has 0 aromatic carbocycles. The largest absolute Gasteiger partial charge is 0.247 e. The Kier molecular flexibility index (Phi) is 2.20. The molecule has 68 valence electrons. The van der Waals surface area contributed by atoms with E-state index in [2.05, 4.69) is 19.1 Å². The highest BCUT2D eigenvalue weighted by Gasteiger charge is 2.43. The molecular formula is C11H17F. The number of alkyl halides is 1. The Labute approximate surface area is 73.9 Å². The lowest BCUT2D eigenvalue weighted by Gasteiger charge is -2.21. The number of allylic oxidation sites excluding steroid dienone is 2. The number of rotatable bonds is 3. The van der Waals surface area contributed by atoms with Gasteiger partial charge in [0, 0.05) is 5.92 Å². The van der Waals surface area contributed by atoms with Crippen LogP contribution >= 0.6 is 0 Å². The van der Waals surface area contributed by atoms with Gasteiger partial charge < -0.3 is 0 Å². The summed E-state index contributed by atoms with van der Waals surface area (Å²) in [5.74, 6) is 1.22. The van der Waals surface area contributed by atoms with E-state index in [-0.39, 0.29) is 5.92 Å². The lowest BCUT2D eigenvalue weighted by molar-refractivity contribution is 0.199. The van der Waals surface area contributed by atoms with Crippen LogP contribution in [0, 0.1) is 17.8 Å². The van der Waals surface area contributed by atoms with Crippen LogP contribution < -0.4 is 0 Å². The summed E-state index contributed by atoms with van der Waals surface area (Å²) >= 11 is 0. The van der Waals surface area contributed by atoms with Crippen molar-refractivity contribution in [1.82, 2.24) is 0 Å². The molecule has 0 N–H and O–H groups in total. The van der Waals surface area contributed by atoms with Gasteiger partial charge in [-0.15, -0.1) is 0 Å². The van der Waals surface area contributed by atoms with Gasteiger partial charge in [-0.3, -0.25) is 0 Å². The molecule has 2 aliphatic carbocycles. The van der Waals surface area contributed by atoms with E-state index in [1.807, 2.05) is 0 Å². The Morgan fingerprint density at radius 2 is 2.08 bits per heavy atom. The zero-order chi connectivity index (χ0) is 8.55. The molecule has 0 spiro atoms. The molecule has 2 rings (SSSR count). The van der Waals surface area contributed by atoms with Gasteiger partial charge in [0.1, 0.15) is 6.17 Å². The smallest absolute Gasteiger partial charge is 0.110 e. The SMILES string of the molecule is CCCCC1C2C=CC(C2)C1F. The average Bonchev–Trinajstić information content (AvgIpc) is 2.62. The van der Waals surface area contributed by atoms with E-state index < -0.39 is 6.17 Å². The summed E-state index contributed by atoms with van der Waals surface area (Å²) in [6.45, 7) is 2.18. The first-order valence-electron chi connectivity index (χ1n) is 5.15. The number of hydrogen-bond donors (Lipinski definition) is 0. The molecule has 0 saturated heterocycles. The monoisotopic (exact) mass is 168 g/mol. The maximum absolute atomic E-state index is 13.6. The van der Waals surface area contributed by atoms with Crippen LogP contribution in [-0.4, -0.2) is 6.17 Å². The van der Waals surface area contributed by atoms with Crippen molar-refractivity contribution in [2.75, 3.05) is 0 Å². The molecule has 1 saturated carbocycles. The van der Waals surface area contributed by atoms with Crippen molar-refractivity contribution in [3.05, 3.63) is 12.2 Å². The Balaban J connectivity index is 1.94. The molecule has 0 aliphatic heterocycles. The van der Waals surface area contributed by atoms with E-state index in [1.54, 1.807) is 0 Å². The normalized spacial score (nSPS) is 44.2. The van der Waals surface area contributed by atoms with Crippen molar-refractivity contribution in [1.29, 1.82) is 0 Å². The van der Waals surface area contributed by atoms with Crippen LogP contribution in [0.3, 0.4) is 0 Å². The molecule has 2 aliphatic rings. The van der Waals surface area contributed by atoms with Crippen LogP contribution in [0.5, 0.6) is 0 Å². The number of hydrogen-bond acceptors (Lipinski definition) is 0. The van der Waals surface area contributed by atoms with E-state index in [0.717, 1.165) is 12.8 Å². The molecule has 0 nitrogen and oxygen atoms in total. The van der Waals surface area contributed by atoms with Gasteiger partial charge in [-0.05, 0) is 24.7 Å². The zero-order valence-electron chi connectivity index (χ0n) is 7.67. The summed E-state index contributed by atoms with van der Waals surface area (Å²) in [5, 5.41) is 0. The van der Waals surface area contributed by atoms with Crippen molar-refractivity contribution in [3.8, 4) is 0 Å². The minimum atomic E-state index is -0.522. The van der Waals surface area contributed by atoms with Gasteiger partial charge >= 0.3 is 0 Å². The molecule has 2 bridgehead atoms. The first kappa shape index (κ1) is 8.28. The molecule has 0 heterocycles. The lowest BCUT2D eigenvalue weighted by atomic mass is 9.88. The zero-order valence-corrected chi connectivity index (χ0v) is 7.67. The molecule has 4 unspecified atom stereocenters. The first-order valence-corrected chi connectivity index (χ1v) is 5.15. The van der Waals surface area contributed by atoms with Crippen LogP contribution in [-0.2, 0) is 0 Å². The summed E-state index contributed by atoms with van der Waals surface area (Å²) in [5.41, 5.74) is 0. The van der Waals surface area contributed by atoms with Gasteiger partial charge in [0.15, 0.2) is 0 Å². The van der Waals surface area contributed by atoms with Crippen LogP contribution in [0.25, 0.3) is 0 Å².